The Bertz CT molecular complexity index is 891. The molecule has 0 aliphatic heterocycles. The van der Waals surface area contributed by atoms with E-state index in [1.807, 2.05) is 38.1 Å². The fourth-order valence-corrected chi connectivity index (χ4v) is 2.68. The quantitative estimate of drug-likeness (QED) is 0.548. The third-order valence-electron chi connectivity index (χ3n) is 3.68. The molecule has 0 radical (unpaired) electrons. The number of carbonyl (C=O) groups excluding carboxylic acids is 1. The Kier molecular flexibility index (Phi) is 5.68. The number of ketones is 1. The number of hydrogen-bond acceptors (Lipinski definition) is 5. The van der Waals surface area contributed by atoms with E-state index in [0.29, 0.717) is 40.9 Å². The van der Waals surface area contributed by atoms with E-state index in [2.05, 4.69) is 10.1 Å². The number of carbonyl (C=O) groups is 1. The first-order valence-corrected chi connectivity index (χ1v) is 8.78. The molecule has 1 heterocycles. The second-order valence-electron chi connectivity index (χ2n) is 6.11. The standard InChI is InChI=1S/C20H19ClN2O3/c1-13(2)25-18-10-8-15(12-16(18)21)20-22-19(26-23-20)11-9-17(24)14-6-4-3-5-7-14/h3-8,10,12-13H,9,11H2,1-2H3. The van der Waals surface area contributed by atoms with Crippen LogP contribution in [0.5, 0.6) is 5.75 Å². The van der Waals surface area contributed by atoms with Crippen LogP contribution in [0.25, 0.3) is 11.4 Å². The Morgan fingerprint density at radius 2 is 1.96 bits per heavy atom. The van der Waals surface area contributed by atoms with Gasteiger partial charge in [-0.1, -0.05) is 47.1 Å². The van der Waals surface area contributed by atoms with E-state index in [9.17, 15) is 4.79 Å². The second-order valence-corrected chi connectivity index (χ2v) is 6.52. The van der Waals surface area contributed by atoms with Crippen molar-refractivity contribution in [1.82, 2.24) is 10.1 Å². The largest absolute Gasteiger partial charge is 0.489 e. The highest BCUT2D eigenvalue weighted by atomic mass is 35.5. The molecule has 3 rings (SSSR count). The van der Waals surface area contributed by atoms with Crippen LogP contribution in [0.1, 0.15) is 36.5 Å². The van der Waals surface area contributed by atoms with Crippen LogP contribution in [0.4, 0.5) is 0 Å². The fraction of sp³-hybridized carbons (Fsp3) is 0.250. The van der Waals surface area contributed by atoms with E-state index in [-0.39, 0.29) is 11.9 Å². The number of rotatable bonds is 7. The number of hydrogen-bond donors (Lipinski definition) is 0. The van der Waals surface area contributed by atoms with E-state index < -0.39 is 0 Å². The van der Waals surface area contributed by atoms with Gasteiger partial charge in [0.25, 0.3) is 0 Å². The molecule has 6 heteroatoms. The summed E-state index contributed by atoms with van der Waals surface area (Å²) >= 11 is 6.24. The molecule has 0 aliphatic carbocycles. The van der Waals surface area contributed by atoms with Gasteiger partial charge in [-0.05, 0) is 32.0 Å². The second kappa shape index (κ2) is 8.15. The highest BCUT2D eigenvalue weighted by molar-refractivity contribution is 6.32. The van der Waals surface area contributed by atoms with Gasteiger partial charge in [0.2, 0.25) is 11.7 Å². The molecule has 26 heavy (non-hydrogen) atoms. The van der Waals surface area contributed by atoms with Crippen molar-refractivity contribution in [2.24, 2.45) is 0 Å². The molecule has 2 aromatic carbocycles. The van der Waals surface area contributed by atoms with Gasteiger partial charge in [0.05, 0.1) is 11.1 Å². The Labute approximate surface area is 156 Å². The SMILES string of the molecule is CC(C)Oc1ccc(-c2noc(CCC(=O)c3ccccc3)n2)cc1Cl. The van der Waals surface area contributed by atoms with E-state index in [4.69, 9.17) is 20.9 Å². The van der Waals surface area contributed by atoms with Crippen LogP contribution in [0.3, 0.4) is 0 Å². The zero-order valence-corrected chi connectivity index (χ0v) is 15.4. The number of nitrogens with zero attached hydrogens (tertiary/aromatic N) is 2. The van der Waals surface area contributed by atoms with Crippen molar-refractivity contribution >= 4 is 17.4 Å². The summed E-state index contributed by atoms with van der Waals surface area (Å²) in [5.74, 6) is 1.51. The predicted molar refractivity (Wildman–Crippen MR) is 99.6 cm³/mol. The van der Waals surface area contributed by atoms with Gasteiger partial charge in [-0.25, -0.2) is 0 Å². The molecule has 134 valence electrons. The molecule has 1 aromatic heterocycles. The minimum absolute atomic E-state index is 0.0391. The summed E-state index contributed by atoms with van der Waals surface area (Å²) in [5, 5.41) is 4.46. The van der Waals surface area contributed by atoms with Gasteiger partial charge in [0.1, 0.15) is 5.75 Å². The monoisotopic (exact) mass is 370 g/mol. The van der Waals surface area contributed by atoms with Crippen molar-refractivity contribution in [1.29, 1.82) is 0 Å². The highest BCUT2D eigenvalue weighted by Gasteiger charge is 2.13. The average Bonchev–Trinajstić information content (AvgIpc) is 3.11. The summed E-state index contributed by atoms with van der Waals surface area (Å²) in [6.07, 6.45) is 0.744. The Balaban J connectivity index is 1.66. The maximum atomic E-state index is 12.1. The van der Waals surface area contributed by atoms with Crippen LogP contribution >= 0.6 is 11.6 Å². The van der Waals surface area contributed by atoms with Crippen LogP contribution in [-0.2, 0) is 6.42 Å². The van der Waals surface area contributed by atoms with Crippen molar-refractivity contribution in [3.63, 3.8) is 0 Å². The lowest BCUT2D eigenvalue weighted by Gasteiger charge is -2.11. The highest BCUT2D eigenvalue weighted by Crippen LogP contribution is 2.30. The number of halogens is 1. The normalized spacial score (nSPS) is 10.9. The summed E-state index contributed by atoms with van der Waals surface area (Å²) in [7, 11) is 0. The number of aryl methyl sites for hydroxylation is 1. The van der Waals surface area contributed by atoms with Crippen molar-refractivity contribution < 1.29 is 14.1 Å². The number of aromatic nitrogens is 2. The third-order valence-corrected chi connectivity index (χ3v) is 3.98. The maximum Gasteiger partial charge on any atom is 0.227 e. The van der Waals surface area contributed by atoms with E-state index >= 15 is 0 Å². The molecular formula is C20H19ClN2O3. The van der Waals surface area contributed by atoms with Gasteiger partial charge in [0.15, 0.2) is 5.78 Å². The molecule has 5 nitrogen and oxygen atoms in total. The molecule has 0 unspecified atom stereocenters. The molecule has 0 spiro atoms. The summed E-state index contributed by atoms with van der Waals surface area (Å²) in [6.45, 7) is 3.87. The fourth-order valence-electron chi connectivity index (χ4n) is 2.45. The maximum absolute atomic E-state index is 12.1. The minimum Gasteiger partial charge on any atom is -0.489 e. The van der Waals surface area contributed by atoms with Gasteiger partial charge in [0, 0.05) is 24.0 Å². The molecule has 0 aliphatic rings. The first kappa shape index (κ1) is 18.1. The summed E-state index contributed by atoms with van der Waals surface area (Å²) in [6, 6.07) is 14.5. The van der Waals surface area contributed by atoms with Crippen molar-refractivity contribution in [2.45, 2.75) is 32.8 Å². The lowest BCUT2D eigenvalue weighted by molar-refractivity contribution is 0.0979. The molecule has 0 N–H and O–H groups in total. The van der Waals surface area contributed by atoms with E-state index in [1.165, 1.54) is 0 Å². The molecule has 0 amide bonds. The van der Waals surface area contributed by atoms with E-state index in [0.717, 1.165) is 5.56 Å². The zero-order valence-electron chi connectivity index (χ0n) is 14.6. The number of Topliss-reactive ketones (excluding diaryl/α,β-unsaturated/α-hetero) is 1. The predicted octanol–water partition coefficient (Wildman–Crippen LogP) is 4.99. The van der Waals surface area contributed by atoms with Gasteiger partial charge in [-0.2, -0.15) is 4.98 Å². The Morgan fingerprint density at radius 3 is 2.65 bits per heavy atom. The van der Waals surface area contributed by atoms with E-state index in [1.54, 1.807) is 24.3 Å². The molecule has 0 bridgehead atoms. The summed E-state index contributed by atoms with van der Waals surface area (Å²) < 4.78 is 10.9. The van der Waals surface area contributed by atoms with Crippen molar-refractivity contribution in [2.75, 3.05) is 0 Å². The van der Waals surface area contributed by atoms with Crippen LogP contribution in [0.15, 0.2) is 53.1 Å². The molecular weight excluding hydrogens is 352 g/mol. The topological polar surface area (TPSA) is 65.2 Å². The first-order valence-electron chi connectivity index (χ1n) is 8.40. The third kappa shape index (κ3) is 4.49. The molecule has 0 saturated carbocycles. The lowest BCUT2D eigenvalue weighted by atomic mass is 10.1. The molecule has 3 aromatic rings. The molecule has 0 atom stereocenters. The summed E-state index contributed by atoms with van der Waals surface area (Å²) in [4.78, 5) is 16.5. The van der Waals surface area contributed by atoms with Gasteiger partial charge in [-0.3, -0.25) is 4.79 Å². The lowest BCUT2D eigenvalue weighted by Crippen LogP contribution is -2.05. The first-order chi connectivity index (χ1) is 12.5. The number of ether oxygens (including phenoxy) is 1. The Hall–Kier alpha value is -2.66. The van der Waals surface area contributed by atoms with Crippen molar-refractivity contribution in [3.05, 3.63) is 65.0 Å². The van der Waals surface area contributed by atoms with Crippen LogP contribution < -0.4 is 4.74 Å². The van der Waals surface area contributed by atoms with Crippen LogP contribution in [0, 0.1) is 0 Å². The Morgan fingerprint density at radius 1 is 1.19 bits per heavy atom. The zero-order chi connectivity index (χ0) is 18.5. The number of benzene rings is 2. The minimum atomic E-state index is 0.0391. The average molecular weight is 371 g/mol. The molecule has 0 fully saturated rings. The molecule has 0 saturated heterocycles. The van der Waals surface area contributed by atoms with Gasteiger partial charge >= 0.3 is 0 Å². The summed E-state index contributed by atoms with van der Waals surface area (Å²) in [5.41, 5.74) is 1.41. The van der Waals surface area contributed by atoms with Gasteiger partial charge in [-0.15, -0.1) is 0 Å². The smallest absolute Gasteiger partial charge is 0.227 e. The van der Waals surface area contributed by atoms with Crippen LogP contribution in [0.2, 0.25) is 5.02 Å². The van der Waals surface area contributed by atoms with Crippen LogP contribution in [-0.4, -0.2) is 22.0 Å². The van der Waals surface area contributed by atoms with Gasteiger partial charge < -0.3 is 9.26 Å². The van der Waals surface area contributed by atoms with Crippen molar-refractivity contribution in [3.8, 4) is 17.1 Å².